The summed E-state index contributed by atoms with van der Waals surface area (Å²) in [6.07, 6.45) is -0.680. The van der Waals surface area contributed by atoms with Gasteiger partial charge in [0.05, 0.1) is 49.8 Å². The Morgan fingerprint density at radius 1 is 0.635 bits per heavy atom. The number of ether oxygens (including phenoxy) is 6. The van der Waals surface area contributed by atoms with Crippen molar-refractivity contribution < 1.29 is 56.4 Å². The van der Waals surface area contributed by atoms with Crippen LogP contribution in [0.5, 0.6) is 23.0 Å². The molecule has 2 aliphatic heterocycles. The Bertz CT molecular complexity index is 2010. The summed E-state index contributed by atoms with van der Waals surface area (Å²) in [4.78, 5) is 51.2. The number of primary amides is 2. The molecule has 21 heteroatoms. The van der Waals surface area contributed by atoms with Gasteiger partial charge in [-0.1, -0.05) is 23.2 Å². The molecule has 4 aromatic rings. The van der Waals surface area contributed by atoms with Crippen molar-refractivity contribution in [3.05, 3.63) is 107 Å². The minimum absolute atomic E-state index is 0. The molecule has 6 amide bonds. The number of carbonyl (C=O) groups excluding carboxylic acids is 4. The lowest BCUT2D eigenvalue weighted by molar-refractivity contribution is -0.148. The predicted octanol–water partition coefficient (Wildman–Crippen LogP) is 6.20. The maximum absolute atomic E-state index is 13.0. The Morgan fingerprint density at radius 3 is 1.35 bits per heavy atom. The molecule has 0 bridgehead atoms. The molecule has 2 aliphatic rings. The van der Waals surface area contributed by atoms with Gasteiger partial charge in [-0.15, -0.1) is 0 Å². The first-order chi connectivity index (χ1) is 29.6. The van der Waals surface area contributed by atoms with E-state index in [1.807, 2.05) is 13.8 Å². The molecule has 6 N–H and O–H groups in total. The lowest BCUT2D eigenvalue weighted by atomic mass is 10.2. The average Bonchev–Trinajstić information content (AvgIpc) is 3.23. The highest BCUT2D eigenvalue weighted by Gasteiger charge is 2.32. The molecular formula is C42H48Cl2F2N6O10S. The summed E-state index contributed by atoms with van der Waals surface area (Å²) >= 11 is 11.9. The van der Waals surface area contributed by atoms with E-state index in [2.05, 4.69) is 10.6 Å². The number of benzene rings is 4. The van der Waals surface area contributed by atoms with E-state index in [4.69, 9.17) is 63.1 Å². The second-order valence-corrected chi connectivity index (χ2v) is 14.9. The van der Waals surface area contributed by atoms with E-state index in [9.17, 15) is 28.0 Å². The summed E-state index contributed by atoms with van der Waals surface area (Å²) < 4.78 is 60.0. The van der Waals surface area contributed by atoms with Crippen LogP contribution in [0.3, 0.4) is 0 Å². The average molecular weight is 938 g/mol. The molecule has 0 radical (unpaired) electrons. The number of anilines is 2. The number of hydrogen-bond donors (Lipinski definition) is 4. The fourth-order valence-electron chi connectivity index (χ4n) is 6.13. The van der Waals surface area contributed by atoms with Crippen LogP contribution in [0.4, 0.5) is 29.7 Å². The molecule has 16 nitrogen and oxygen atoms in total. The highest BCUT2D eigenvalue weighted by Crippen LogP contribution is 2.30. The largest absolute Gasteiger partial charge is 0.491 e. The number of morpholine rings is 2. The standard InChI is InChI=1S/2C21H23ClFN3O5.H2S/c2*1-13-10-29-17(11-30-16-5-3-15(23)4-6-16)9-26(13)20(27)12-31-19-7-2-14(22)8-18(19)25-21(24)28;/h2*2-8,13,17H,9-12H2,1H3,(H3,24,25,28);1H2/t13-,17+;13-,17-;/m11./s1. The number of hydrogen-bond acceptors (Lipinski definition) is 10. The summed E-state index contributed by atoms with van der Waals surface area (Å²) in [5.41, 5.74) is 10.9. The number of rotatable bonds is 14. The topological polar surface area (TPSA) is 206 Å². The molecule has 0 unspecified atom stereocenters. The van der Waals surface area contributed by atoms with Gasteiger partial charge in [0, 0.05) is 10.0 Å². The first kappa shape index (κ1) is 49.9. The van der Waals surface area contributed by atoms with Crippen molar-refractivity contribution in [1.29, 1.82) is 0 Å². The Kier molecular flexibility index (Phi) is 19.2. The van der Waals surface area contributed by atoms with Crippen LogP contribution in [0.1, 0.15) is 13.8 Å². The summed E-state index contributed by atoms with van der Waals surface area (Å²) in [6.45, 7) is 5.01. The fourth-order valence-corrected chi connectivity index (χ4v) is 6.48. The number of nitrogens with two attached hydrogens (primary N) is 2. The number of nitrogens with zero attached hydrogens (tertiary/aromatic N) is 2. The second kappa shape index (κ2) is 24.2. The summed E-state index contributed by atoms with van der Waals surface area (Å²) in [7, 11) is 0. The minimum atomic E-state index is -0.774. The van der Waals surface area contributed by atoms with Gasteiger partial charge in [0.25, 0.3) is 11.8 Å². The normalized spacial score (nSPS) is 18.1. The van der Waals surface area contributed by atoms with E-state index < -0.39 is 12.1 Å². The second-order valence-electron chi connectivity index (χ2n) is 14.1. The van der Waals surface area contributed by atoms with E-state index in [1.54, 1.807) is 34.1 Å². The number of carbonyl (C=O) groups is 4. The molecule has 63 heavy (non-hydrogen) atoms. The third kappa shape index (κ3) is 15.8. The van der Waals surface area contributed by atoms with Gasteiger partial charge in [0.1, 0.15) is 60.1 Å². The summed E-state index contributed by atoms with van der Waals surface area (Å²) in [5.74, 6) is 0.389. The Hall–Kier alpha value is -5.73. The highest BCUT2D eigenvalue weighted by molar-refractivity contribution is 7.59. The van der Waals surface area contributed by atoms with Gasteiger partial charge in [-0.2, -0.15) is 13.5 Å². The predicted molar refractivity (Wildman–Crippen MR) is 236 cm³/mol. The van der Waals surface area contributed by atoms with Gasteiger partial charge >= 0.3 is 12.1 Å². The van der Waals surface area contributed by atoms with Crippen molar-refractivity contribution in [3.8, 4) is 23.0 Å². The highest BCUT2D eigenvalue weighted by atomic mass is 35.5. The van der Waals surface area contributed by atoms with Crippen molar-refractivity contribution in [1.82, 2.24) is 9.80 Å². The van der Waals surface area contributed by atoms with E-state index >= 15 is 0 Å². The molecule has 2 heterocycles. The molecule has 0 aromatic heterocycles. The zero-order valence-corrected chi connectivity index (χ0v) is 36.7. The molecule has 340 valence electrons. The van der Waals surface area contributed by atoms with E-state index in [-0.39, 0.29) is 111 Å². The quantitative estimate of drug-likeness (QED) is 0.113. The van der Waals surface area contributed by atoms with Crippen molar-refractivity contribution in [3.63, 3.8) is 0 Å². The smallest absolute Gasteiger partial charge is 0.316 e. The van der Waals surface area contributed by atoms with Gasteiger partial charge in [-0.3, -0.25) is 9.59 Å². The van der Waals surface area contributed by atoms with Gasteiger partial charge < -0.3 is 60.3 Å². The van der Waals surface area contributed by atoms with Gasteiger partial charge in [0.2, 0.25) is 0 Å². The maximum Gasteiger partial charge on any atom is 0.316 e. The number of amides is 6. The van der Waals surface area contributed by atoms with Crippen LogP contribution in [-0.2, 0) is 19.1 Å². The molecule has 6 rings (SSSR count). The lowest BCUT2D eigenvalue weighted by Crippen LogP contribution is -2.53. The molecule has 2 fully saturated rings. The van der Waals surface area contributed by atoms with Crippen LogP contribution in [0, 0.1) is 11.6 Å². The van der Waals surface area contributed by atoms with E-state index in [1.165, 1.54) is 60.7 Å². The van der Waals surface area contributed by atoms with Gasteiger partial charge in [0.15, 0.2) is 13.2 Å². The Morgan fingerprint density at radius 2 is 1.00 bits per heavy atom. The van der Waals surface area contributed by atoms with Crippen molar-refractivity contribution in [2.45, 2.75) is 38.1 Å². The summed E-state index contributed by atoms with van der Waals surface area (Å²) in [5, 5.41) is 5.59. The van der Waals surface area contributed by atoms with Crippen molar-refractivity contribution >= 4 is 71.9 Å². The molecule has 4 aromatic carbocycles. The van der Waals surface area contributed by atoms with Crippen LogP contribution >= 0.6 is 36.7 Å². The summed E-state index contributed by atoms with van der Waals surface area (Å²) in [6, 6.07) is 18.7. The van der Waals surface area contributed by atoms with Crippen LogP contribution < -0.4 is 41.0 Å². The van der Waals surface area contributed by atoms with Crippen molar-refractivity contribution in [2.75, 3.05) is 63.4 Å². The Balaban J connectivity index is 0.000000272. The molecule has 0 spiro atoms. The first-order valence-electron chi connectivity index (χ1n) is 19.2. The monoisotopic (exact) mass is 936 g/mol. The van der Waals surface area contributed by atoms with Crippen LogP contribution in [0.2, 0.25) is 10.0 Å². The van der Waals surface area contributed by atoms with Crippen LogP contribution in [-0.4, -0.2) is 111 Å². The first-order valence-corrected chi connectivity index (χ1v) is 20.0. The third-order valence-corrected chi connectivity index (χ3v) is 9.72. The molecular weight excluding hydrogens is 889 g/mol. The third-order valence-electron chi connectivity index (χ3n) is 9.25. The maximum atomic E-state index is 13.0. The number of urea groups is 2. The SMILES string of the molecule is C[C@@H]1CO[C@@H](COc2ccc(F)cc2)CN1C(=O)COc1ccc(Cl)cc1NC(N)=O.C[C@@H]1CO[C@H](COc2ccc(F)cc2)CN1C(=O)COc1ccc(Cl)cc1NC(N)=O.S. The molecule has 2 saturated heterocycles. The van der Waals surface area contributed by atoms with E-state index in [0.717, 1.165) is 0 Å². The number of halogens is 4. The zero-order chi connectivity index (χ0) is 44.8. The Labute approximate surface area is 379 Å². The molecule has 4 atom stereocenters. The minimum Gasteiger partial charge on any atom is -0.491 e. The van der Waals surface area contributed by atoms with Gasteiger partial charge in [-0.25, -0.2) is 18.4 Å². The van der Waals surface area contributed by atoms with Gasteiger partial charge in [-0.05, 0) is 98.8 Å². The van der Waals surface area contributed by atoms with Crippen LogP contribution in [0.25, 0.3) is 0 Å². The molecule has 0 saturated carbocycles. The number of nitrogens with one attached hydrogen (secondary N) is 2. The lowest BCUT2D eigenvalue weighted by Gasteiger charge is -2.37. The zero-order valence-electron chi connectivity index (χ0n) is 34.2. The molecule has 0 aliphatic carbocycles. The van der Waals surface area contributed by atoms with E-state index in [0.29, 0.717) is 47.8 Å². The van der Waals surface area contributed by atoms with Crippen molar-refractivity contribution in [2.24, 2.45) is 11.5 Å². The van der Waals surface area contributed by atoms with Crippen LogP contribution in [0.15, 0.2) is 84.9 Å². The fraction of sp³-hybridized carbons (Fsp3) is 0.333.